The summed E-state index contributed by atoms with van der Waals surface area (Å²) >= 11 is 0. The van der Waals surface area contributed by atoms with E-state index in [0.717, 1.165) is 73.5 Å². The van der Waals surface area contributed by atoms with Crippen LogP contribution in [0.5, 0.6) is 11.5 Å². The Morgan fingerprint density at radius 1 is 0.814 bits per heavy atom. The van der Waals surface area contributed by atoms with Gasteiger partial charge < -0.3 is 29.8 Å². The van der Waals surface area contributed by atoms with Gasteiger partial charge in [-0.25, -0.2) is 0 Å². The van der Waals surface area contributed by atoms with Crippen LogP contribution in [0.15, 0.2) is 71.3 Å². The number of nitrogens with two attached hydrogens (primary N) is 1. The number of primary amides is 1. The van der Waals surface area contributed by atoms with E-state index in [-0.39, 0.29) is 47.7 Å². The molecule has 1 saturated heterocycles. The lowest BCUT2D eigenvalue weighted by molar-refractivity contribution is -0.136. The maximum atomic E-state index is 13.0. The molecular weight excluding hydrogens is 757 g/mol. The summed E-state index contributed by atoms with van der Waals surface area (Å²) in [6.45, 7) is 7.19. The lowest BCUT2D eigenvalue weighted by Gasteiger charge is -2.27. The van der Waals surface area contributed by atoms with Crippen LogP contribution in [-0.2, 0) is 26.3 Å². The second kappa shape index (κ2) is 20.1. The van der Waals surface area contributed by atoms with Gasteiger partial charge in [-0.15, -0.1) is 0 Å². The van der Waals surface area contributed by atoms with E-state index >= 15 is 0 Å². The normalized spacial score (nSPS) is 15.3. The first-order chi connectivity index (χ1) is 28.5. The van der Waals surface area contributed by atoms with E-state index in [4.69, 9.17) is 24.5 Å². The largest absolute Gasteiger partial charge is 0.494 e. The van der Waals surface area contributed by atoms with Crippen LogP contribution in [0.3, 0.4) is 0 Å². The summed E-state index contributed by atoms with van der Waals surface area (Å²) in [5.74, 6) is -1.30. The second-order valence-electron chi connectivity index (χ2n) is 15.3. The topological polar surface area (TPSA) is 205 Å². The van der Waals surface area contributed by atoms with Gasteiger partial charge in [-0.05, 0) is 85.7 Å². The van der Waals surface area contributed by atoms with Crippen LogP contribution >= 0.6 is 0 Å². The van der Waals surface area contributed by atoms with Gasteiger partial charge in [-0.3, -0.25) is 34.2 Å². The smallest absolute Gasteiger partial charge is 0.290 e. The Morgan fingerprint density at radius 3 is 2.07 bits per heavy atom. The minimum atomic E-state index is -0.971. The molecule has 0 spiro atoms. The molecule has 0 bridgehead atoms. The van der Waals surface area contributed by atoms with E-state index in [1.165, 1.54) is 12.0 Å². The van der Waals surface area contributed by atoms with Crippen LogP contribution in [0.1, 0.15) is 126 Å². The van der Waals surface area contributed by atoms with Gasteiger partial charge in [0.05, 0.1) is 17.7 Å². The van der Waals surface area contributed by atoms with E-state index in [1.54, 1.807) is 18.2 Å². The monoisotopic (exact) mass is 808 g/mol. The molecule has 15 heteroatoms. The summed E-state index contributed by atoms with van der Waals surface area (Å²) in [5.41, 5.74) is 8.47. The number of anilines is 1. The first-order valence-electron chi connectivity index (χ1n) is 20.3. The molecule has 1 unspecified atom stereocenters. The summed E-state index contributed by atoms with van der Waals surface area (Å²) in [4.78, 5) is 65.7. The molecule has 2 aliphatic rings. The van der Waals surface area contributed by atoms with E-state index in [9.17, 15) is 24.0 Å². The van der Waals surface area contributed by atoms with Crippen LogP contribution in [0.25, 0.3) is 0 Å². The Labute approximate surface area is 343 Å². The van der Waals surface area contributed by atoms with E-state index in [0.29, 0.717) is 25.5 Å². The van der Waals surface area contributed by atoms with Gasteiger partial charge in [0.2, 0.25) is 11.8 Å². The molecule has 1 aromatic heterocycles. The van der Waals surface area contributed by atoms with Gasteiger partial charge in [0, 0.05) is 37.3 Å². The molecule has 4 N–H and O–H groups in total. The van der Waals surface area contributed by atoms with E-state index < -0.39 is 35.6 Å². The standard InChI is InChI=1S/C44H52N6O9/c1-44(2,30-13-18-33(19-14-30)58-28-38-48-40(39(45)52)49-59-38)29-11-16-32(17-12-29)57-26-9-6-4-3-5-8-24-56-25-10-7-23-46-31-15-20-34-35(27-31)43(55)50(42(34)54)36-21-22-37(51)47-41(36)53/h11-20,27,36,46H,3-10,21-26,28H2,1-2H3,(H2,45,52)(H,47,51,53). The Bertz CT molecular complexity index is 2100. The van der Waals surface area contributed by atoms with Crippen molar-refractivity contribution in [2.45, 2.75) is 96.1 Å². The third-order valence-corrected chi connectivity index (χ3v) is 10.6. The van der Waals surface area contributed by atoms with Gasteiger partial charge in [0.1, 0.15) is 17.5 Å². The van der Waals surface area contributed by atoms with Crippen LogP contribution in [-0.4, -0.2) is 77.0 Å². The number of nitrogens with one attached hydrogen (secondary N) is 2. The maximum absolute atomic E-state index is 13.0. The molecule has 0 saturated carbocycles. The zero-order valence-corrected chi connectivity index (χ0v) is 33.6. The number of amides is 5. The van der Waals surface area contributed by atoms with Crippen molar-refractivity contribution in [2.24, 2.45) is 5.73 Å². The molecule has 1 atom stereocenters. The molecule has 0 radical (unpaired) electrons. The average molecular weight is 809 g/mol. The summed E-state index contributed by atoms with van der Waals surface area (Å²) in [6, 6.07) is 20.1. The van der Waals surface area contributed by atoms with Gasteiger partial charge in [-0.1, -0.05) is 69.0 Å². The minimum Gasteiger partial charge on any atom is -0.494 e. The Balaban J connectivity index is 0.768. The van der Waals surface area contributed by atoms with Crippen LogP contribution in [0, 0.1) is 0 Å². The molecule has 15 nitrogen and oxygen atoms in total. The zero-order valence-electron chi connectivity index (χ0n) is 33.6. The van der Waals surface area contributed by atoms with Crippen LogP contribution < -0.4 is 25.8 Å². The first-order valence-corrected chi connectivity index (χ1v) is 20.3. The van der Waals surface area contributed by atoms with Crippen molar-refractivity contribution in [3.63, 3.8) is 0 Å². The fraction of sp³-hybridized carbons (Fsp3) is 0.432. The van der Waals surface area contributed by atoms with Gasteiger partial charge >= 0.3 is 0 Å². The average Bonchev–Trinajstić information content (AvgIpc) is 3.81. The lowest BCUT2D eigenvalue weighted by Crippen LogP contribution is -2.54. The molecule has 0 aliphatic carbocycles. The van der Waals surface area contributed by atoms with Crippen molar-refractivity contribution < 1.29 is 42.7 Å². The first kappa shape index (κ1) is 42.5. The van der Waals surface area contributed by atoms with Gasteiger partial charge in [0.25, 0.3) is 29.4 Å². The number of benzene rings is 3. The number of carbonyl (C=O) groups excluding carboxylic acids is 5. The number of ether oxygens (including phenoxy) is 3. The third-order valence-electron chi connectivity index (χ3n) is 10.6. The number of aromatic nitrogens is 2. The number of nitrogens with zero attached hydrogens (tertiary/aromatic N) is 3. The van der Waals surface area contributed by atoms with Gasteiger partial charge in [0.15, 0.2) is 6.61 Å². The second-order valence-corrected chi connectivity index (χ2v) is 15.3. The highest BCUT2D eigenvalue weighted by Gasteiger charge is 2.44. The molecule has 6 rings (SSSR count). The van der Waals surface area contributed by atoms with Crippen molar-refractivity contribution in [2.75, 3.05) is 31.7 Å². The number of fused-ring (bicyclic) bond motifs is 1. The molecule has 5 amide bonds. The SMILES string of the molecule is CC(C)(c1ccc(OCCCCCCCCOCCCCNc2ccc3c(c2)C(=O)N(C2CCC(=O)NC2=O)C3=O)cc1)c1ccc(OCc2nc(C(N)=O)no2)cc1. The fourth-order valence-corrected chi connectivity index (χ4v) is 7.11. The zero-order chi connectivity index (χ0) is 41.8. The number of piperidine rings is 1. The predicted octanol–water partition coefficient (Wildman–Crippen LogP) is 6.10. The molecule has 1 fully saturated rings. The summed E-state index contributed by atoms with van der Waals surface area (Å²) in [7, 11) is 0. The van der Waals surface area contributed by atoms with Crippen molar-refractivity contribution in [1.82, 2.24) is 20.4 Å². The van der Waals surface area contributed by atoms with Crippen molar-refractivity contribution in [3.8, 4) is 11.5 Å². The maximum Gasteiger partial charge on any atom is 0.290 e. The Hall–Kier alpha value is -6.09. The molecular formula is C44H52N6O9. The van der Waals surface area contributed by atoms with Crippen LogP contribution in [0.4, 0.5) is 5.69 Å². The quantitative estimate of drug-likeness (QED) is 0.0574. The van der Waals surface area contributed by atoms with Gasteiger partial charge in [-0.2, -0.15) is 4.98 Å². The molecule has 312 valence electrons. The molecule has 3 heterocycles. The van der Waals surface area contributed by atoms with E-state index in [1.807, 2.05) is 36.4 Å². The summed E-state index contributed by atoms with van der Waals surface area (Å²) in [6.07, 6.45) is 8.64. The Morgan fingerprint density at radius 2 is 1.42 bits per heavy atom. The number of hydrogen-bond donors (Lipinski definition) is 3. The number of hydrogen-bond acceptors (Lipinski definition) is 12. The molecule has 4 aromatic rings. The highest BCUT2D eigenvalue weighted by atomic mass is 16.5. The minimum absolute atomic E-state index is 0.0295. The van der Waals surface area contributed by atoms with Crippen molar-refractivity contribution in [1.29, 1.82) is 0 Å². The number of unbranched alkanes of at least 4 members (excludes halogenated alkanes) is 6. The third kappa shape index (κ3) is 11.1. The number of carbonyl (C=O) groups is 5. The van der Waals surface area contributed by atoms with E-state index in [2.05, 4.69) is 46.8 Å². The fourth-order valence-electron chi connectivity index (χ4n) is 7.11. The highest BCUT2D eigenvalue weighted by Crippen LogP contribution is 2.34. The van der Waals surface area contributed by atoms with Crippen molar-refractivity contribution in [3.05, 3.63) is 101 Å². The molecule has 59 heavy (non-hydrogen) atoms. The summed E-state index contributed by atoms with van der Waals surface area (Å²) < 4.78 is 22.5. The number of rotatable bonds is 23. The van der Waals surface area contributed by atoms with Crippen molar-refractivity contribution >= 4 is 35.2 Å². The molecule has 2 aliphatic heterocycles. The summed E-state index contributed by atoms with van der Waals surface area (Å²) in [5, 5.41) is 9.03. The number of imide groups is 2. The van der Waals surface area contributed by atoms with Crippen LogP contribution in [0.2, 0.25) is 0 Å². The predicted molar refractivity (Wildman–Crippen MR) is 217 cm³/mol. The Kier molecular flexibility index (Phi) is 14.4. The highest BCUT2D eigenvalue weighted by molar-refractivity contribution is 6.23. The lowest BCUT2D eigenvalue weighted by atomic mass is 9.78. The molecule has 3 aromatic carbocycles.